The summed E-state index contributed by atoms with van der Waals surface area (Å²) in [5.41, 5.74) is 0. The van der Waals surface area contributed by atoms with Gasteiger partial charge in [-0.15, -0.1) is 0 Å². The zero-order valence-electron chi connectivity index (χ0n) is 11.9. The number of rotatable bonds is 3. The number of thioether (sulfide) groups is 2. The Morgan fingerprint density at radius 3 is 2.43 bits per heavy atom. The maximum atomic E-state index is 5.79. The molecule has 1 aliphatic heterocycles. The van der Waals surface area contributed by atoms with E-state index in [2.05, 4.69) is 24.0 Å². The molecule has 0 spiro atoms. The van der Waals surface area contributed by atoms with Crippen molar-refractivity contribution in [3.8, 4) is 11.5 Å². The Kier molecular flexibility index (Phi) is 4.88. The second-order valence-corrected chi connectivity index (χ2v) is 7.34. The Bertz CT molecular complexity index is 610. The van der Waals surface area contributed by atoms with Crippen molar-refractivity contribution in [3.05, 3.63) is 54.6 Å². The van der Waals surface area contributed by atoms with Gasteiger partial charge in [0, 0.05) is 17.2 Å². The van der Waals surface area contributed by atoms with Gasteiger partial charge in [0.25, 0.3) is 0 Å². The summed E-state index contributed by atoms with van der Waals surface area (Å²) in [6.07, 6.45) is 0. The fourth-order valence-electron chi connectivity index (χ4n) is 1.91. The predicted molar refractivity (Wildman–Crippen MR) is 92.7 cm³/mol. The first-order valence-electron chi connectivity index (χ1n) is 6.98. The number of nitrogens with zero attached hydrogens (tertiary/aromatic N) is 1. The summed E-state index contributed by atoms with van der Waals surface area (Å²) in [6.45, 7) is 3.19. The van der Waals surface area contributed by atoms with Crippen LogP contribution in [-0.2, 0) is 0 Å². The summed E-state index contributed by atoms with van der Waals surface area (Å²) in [5.74, 6) is 3.58. The second kappa shape index (κ2) is 7.05. The Labute approximate surface area is 134 Å². The molecule has 0 aromatic heterocycles. The topological polar surface area (TPSA) is 21.6 Å². The highest BCUT2D eigenvalue weighted by molar-refractivity contribution is 8.38. The van der Waals surface area contributed by atoms with Crippen molar-refractivity contribution in [2.75, 3.05) is 12.3 Å². The Morgan fingerprint density at radius 2 is 1.76 bits per heavy atom. The Balaban J connectivity index is 1.62. The lowest BCUT2D eigenvalue weighted by Crippen LogP contribution is -2.10. The molecule has 0 saturated heterocycles. The zero-order chi connectivity index (χ0) is 14.5. The molecule has 0 N–H and O–H groups in total. The van der Waals surface area contributed by atoms with Gasteiger partial charge in [0.1, 0.15) is 15.9 Å². The van der Waals surface area contributed by atoms with Crippen LogP contribution in [0.5, 0.6) is 11.5 Å². The van der Waals surface area contributed by atoms with Crippen LogP contribution in [0.4, 0.5) is 0 Å². The average molecular weight is 315 g/mol. The van der Waals surface area contributed by atoms with Crippen LogP contribution in [0.25, 0.3) is 0 Å². The molecule has 0 radical (unpaired) electrons. The van der Waals surface area contributed by atoms with Gasteiger partial charge in [0.15, 0.2) is 0 Å². The monoisotopic (exact) mass is 315 g/mol. The molecule has 0 aliphatic carbocycles. The van der Waals surface area contributed by atoms with E-state index in [4.69, 9.17) is 4.74 Å². The first-order valence-corrected chi connectivity index (χ1v) is 8.78. The van der Waals surface area contributed by atoms with E-state index in [1.807, 2.05) is 54.2 Å². The van der Waals surface area contributed by atoms with Gasteiger partial charge in [-0.25, -0.2) is 0 Å². The first-order chi connectivity index (χ1) is 10.3. The predicted octanol–water partition coefficient (Wildman–Crippen LogP) is 5.31. The lowest BCUT2D eigenvalue weighted by Gasteiger charge is -2.16. The van der Waals surface area contributed by atoms with E-state index >= 15 is 0 Å². The molecule has 4 heteroatoms. The van der Waals surface area contributed by atoms with Crippen LogP contribution in [0.2, 0.25) is 0 Å². The van der Waals surface area contributed by atoms with E-state index in [1.54, 1.807) is 11.8 Å². The molecule has 1 unspecified atom stereocenters. The fourth-order valence-corrected chi connectivity index (χ4v) is 3.94. The highest BCUT2D eigenvalue weighted by atomic mass is 32.2. The smallest absolute Gasteiger partial charge is 0.129 e. The summed E-state index contributed by atoms with van der Waals surface area (Å²) < 4.78 is 6.96. The highest BCUT2D eigenvalue weighted by Gasteiger charge is 2.13. The maximum Gasteiger partial charge on any atom is 0.129 e. The normalized spacial score (nSPS) is 18.1. The third-order valence-corrected chi connectivity index (χ3v) is 5.56. The van der Waals surface area contributed by atoms with Gasteiger partial charge in [0.2, 0.25) is 0 Å². The van der Waals surface area contributed by atoms with E-state index in [0.717, 1.165) is 18.0 Å². The minimum Gasteiger partial charge on any atom is -0.457 e. The summed E-state index contributed by atoms with van der Waals surface area (Å²) in [4.78, 5) is 5.81. The molecule has 1 aliphatic rings. The van der Waals surface area contributed by atoms with Gasteiger partial charge in [-0.2, -0.15) is 0 Å². The van der Waals surface area contributed by atoms with Crippen molar-refractivity contribution in [2.24, 2.45) is 10.9 Å². The van der Waals surface area contributed by atoms with Crippen molar-refractivity contribution in [2.45, 2.75) is 11.8 Å². The molecule has 2 aromatic rings. The number of aliphatic imine (C=N–C) groups is 1. The molecule has 3 rings (SSSR count). The summed E-state index contributed by atoms with van der Waals surface area (Å²) in [7, 11) is 0. The largest absolute Gasteiger partial charge is 0.457 e. The minimum absolute atomic E-state index is 0.695. The third kappa shape index (κ3) is 4.29. The molecular formula is C17H17NOS2. The van der Waals surface area contributed by atoms with Gasteiger partial charge in [-0.1, -0.05) is 48.6 Å². The van der Waals surface area contributed by atoms with E-state index in [-0.39, 0.29) is 0 Å². The molecule has 0 bridgehead atoms. The van der Waals surface area contributed by atoms with Crippen LogP contribution in [0, 0.1) is 5.92 Å². The molecule has 0 amide bonds. The molecule has 2 nitrogen and oxygen atoms in total. The van der Waals surface area contributed by atoms with E-state index in [0.29, 0.717) is 5.92 Å². The van der Waals surface area contributed by atoms with Gasteiger partial charge < -0.3 is 4.74 Å². The van der Waals surface area contributed by atoms with Crippen molar-refractivity contribution in [3.63, 3.8) is 0 Å². The molecule has 0 fully saturated rings. The number of para-hydroxylation sites is 1. The number of ether oxygens (including phenoxy) is 1. The van der Waals surface area contributed by atoms with Gasteiger partial charge in [0.05, 0.1) is 0 Å². The lowest BCUT2D eigenvalue weighted by atomic mass is 10.2. The van der Waals surface area contributed by atoms with Gasteiger partial charge in [-0.05, 0) is 42.3 Å². The van der Waals surface area contributed by atoms with Crippen LogP contribution in [0.3, 0.4) is 0 Å². The highest BCUT2D eigenvalue weighted by Crippen LogP contribution is 2.31. The standard InChI is InChI=1S/C17H17NOS2/c1-13-11-18-17(20-12-13)21-16-9-7-15(8-10-16)19-14-5-3-2-4-6-14/h2-10,13H,11-12H2,1H3. The van der Waals surface area contributed by atoms with E-state index in [1.165, 1.54) is 15.0 Å². The molecule has 2 aromatic carbocycles. The molecule has 21 heavy (non-hydrogen) atoms. The third-order valence-electron chi connectivity index (χ3n) is 3.03. The van der Waals surface area contributed by atoms with Gasteiger partial charge >= 0.3 is 0 Å². The molecule has 1 atom stereocenters. The van der Waals surface area contributed by atoms with E-state index in [9.17, 15) is 0 Å². The van der Waals surface area contributed by atoms with Crippen LogP contribution < -0.4 is 4.74 Å². The summed E-state index contributed by atoms with van der Waals surface area (Å²) in [5, 5.41) is 0. The molecule has 0 saturated carbocycles. The molecule has 1 heterocycles. The SMILES string of the molecule is CC1CN=C(Sc2ccc(Oc3ccccc3)cc2)SC1. The molecular weight excluding hydrogens is 298 g/mol. The lowest BCUT2D eigenvalue weighted by molar-refractivity contribution is 0.482. The van der Waals surface area contributed by atoms with Crippen molar-refractivity contribution in [1.29, 1.82) is 0 Å². The molecule has 108 valence electrons. The maximum absolute atomic E-state index is 5.79. The Morgan fingerprint density at radius 1 is 1.05 bits per heavy atom. The van der Waals surface area contributed by atoms with Crippen molar-refractivity contribution < 1.29 is 4.74 Å². The van der Waals surface area contributed by atoms with Crippen LogP contribution in [0.1, 0.15) is 6.92 Å². The fraction of sp³-hybridized carbons (Fsp3) is 0.235. The summed E-state index contributed by atoms with van der Waals surface area (Å²) in [6, 6.07) is 18.0. The zero-order valence-corrected chi connectivity index (χ0v) is 13.5. The van der Waals surface area contributed by atoms with Crippen LogP contribution in [-0.4, -0.2) is 16.7 Å². The van der Waals surface area contributed by atoms with Crippen molar-refractivity contribution >= 4 is 27.9 Å². The number of hydrogen-bond acceptors (Lipinski definition) is 4. The first kappa shape index (κ1) is 14.5. The van der Waals surface area contributed by atoms with Crippen LogP contribution >= 0.6 is 23.5 Å². The minimum atomic E-state index is 0.695. The van der Waals surface area contributed by atoms with Crippen molar-refractivity contribution in [1.82, 2.24) is 0 Å². The Hall–Kier alpha value is -1.39. The number of hydrogen-bond donors (Lipinski definition) is 0. The quantitative estimate of drug-likeness (QED) is 0.766. The second-order valence-electron chi connectivity index (χ2n) is 5.01. The van der Waals surface area contributed by atoms with E-state index < -0.39 is 0 Å². The van der Waals surface area contributed by atoms with Crippen LogP contribution in [0.15, 0.2) is 64.5 Å². The summed E-state index contributed by atoms with van der Waals surface area (Å²) >= 11 is 3.59. The average Bonchev–Trinajstić information content (AvgIpc) is 2.53. The number of benzene rings is 2. The van der Waals surface area contributed by atoms with Gasteiger partial charge in [-0.3, -0.25) is 4.99 Å².